The van der Waals surface area contributed by atoms with Crippen molar-refractivity contribution < 1.29 is 19.2 Å². The predicted octanol–water partition coefficient (Wildman–Crippen LogP) is 5.05. The number of nitrogens with one attached hydrogen (secondary N) is 3. The van der Waals surface area contributed by atoms with Gasteiger partial charge in [-0.15, -0.1) is 11.8 Å². The molecule has 0 saturated carbocycles. The summed E-state index contributed by atoms with van der Waals surface area (Å²) in [4.78, 5) is 51.8. The molecular weight excluding hydrogens is 562 g/mol. The first-order chi connectivity index (χ1) is 20.9. The molecule has 0 spiro atoms. The molecule has 0 fully saturated rings. The fourth-order valence-electron chi connectivity index (χ4n) is 4.14. The largest absolute Gasteiger partial charge is 0.321 e. The summed E-state index contributed by atoms with van der Waals surface area (Å²) in [5.74, 6) is -1.08. The Kier molecular flexibility index (Phi) is 9.40. The Labute approximate surface area is 252 Å². The van der Waals surface area contributed by atoms with Gasteiger partial charge in [0.15, 0.2) is 0 Å². The third kappa shape index (κ3) is 8.05. The van der Waals surface area contributed by atoms with Gasteiger partial charge in [-0.1, -0.05) is 72.8 Å². The molecule has 0 unspecified atom stereocenters. The van der Waals surface area contributed by atoms with Gasteiger partial charge in [0.25, 0.3) is 17.7 Å². The molecule has 3 N–H and O–H groups in total. The summed E-state index contributed by atoms with van der Waals surface area (Å²) in [7, 11) is 0. The standard InChI is InChI=1S/C33H27N5O4S/c39-30(36-29-21-31(40)38(37-29)26-16-8-3-9-17-26)22-43-27-18-10-15-25(20-27)34-33(42)28(19-23-11-4-1-5-12-23)35-32(41)24-13-6-2-7-14-24/h1-20H,21-22H2,(H,34,42)(H,35,41)(H,36,37,39)/b28-19-. The van der Waals surface area contributed by atoms with Crippen molar-refractivity contribution >= 4 is 58.7 Å². The highest BCUT2D eigenvalue weighted by Crippen LogP contribution is 2.23. The third-order valence-corrected chi connectivity index (χ3v) is 7.16. The molecular formula is C33H27N5O4S. The first-order valence-electron chi connectivity index (χ1n) is 13.4. The lowest BCUT2D eigenvalue weighted by Crippen LogP contribution is -2.31. The SMILES string of the molecule is O=C(CSc1cccc(NC(=O)/C(=C/c2ccccc2)NC(=O)c2ccccc2)c1)NC1=NN(c2ccccc2)C(=O)C1. The maximum atomic E-state index is 13.3. The van der Waals surface area contributed by atoms with E-state index in [9.17, 15) is 19.2 Å². The zero-order chi connectivity index (χ0) is 30.0. The van der Waals surface area contributed by atoms with Gasteiger partial charge < -0.3 is 16.0 Å². The molecule has 9 nitrogen and oxygen atoms in total. The number of hydrazone groups is 1. The zero-order valence-corrected chi connectivity index (χ0v) is 23.7. The Morgan fingerprint density at radius 3 is 2.21 bits per heavy atom. The molecule has 0 saturated heterocycles. The summed E-state index contributed by atoms with van der Waals surface area (Å²) in [5, 5.41) is 13.8. The molecule has 0 aromatic heterocycles. The van der Waals surface area contributed by atoms with Gasteiger partial charge in [-0.2, -0.15) is 10.1 Å². The number of carbonyl (C=O) groups excluding carboxylic acids is 4. The van der Waals surface area contributed by atoms with Crippen LogP contribution in [-0.2, 0) is 14.4 Å². The van der Waals surface area contributed by atoms with Crippen molar-refractivity contribution in [2.24, 2.45) is 5.10 Å². The van der Waals surface area contributed by atoms with Gasteiger partial charge in [0.1, 0.15) is 11.5 Å². The molecule has 4 amide bonds. The van der Waals surface area contributed by atoms with Crippen LogP contribution in [0, 0.1) is 0 Å². The molecule has 0 atom stereocenters. The van der Waals surface area contributed by atoms with Gasteiger partial charge in [-0.25, -0.2) is 0 Å². The van der Waals surface area contributed by atoms with E-state index in [0.29, 0.717) is 16.9 Å². The maximum absolute atomic E-state index is 13.3. The normalized spacial score (nSPS) is 12.8. The Hall–Kier alpha value is -5.48. The van der Waals surface area contributed by atoms with Crippen molar-refractivity contribution in [1.82, 2.24) is 10.6 Å². The number of thioether (sulfide) groups is 1. The lowest BCUT2D eigenvalue weighted by Gasteiger charge is -2.12. The summed E-state index contributed by atoms with van der Waals surface area (Å²) >= 11 is 1.27. The first-order valence-corrected chi connectivity index (χ1v) is 14.4. The molecule has 4 aromatic rings. The molecule has 10 heteroatoms. The Balaban J connectivity index is 1.21. The number of carbonyl (C=O) groups is 4. The van der Waals surface area contributed by atoms with Gasteiger partial charge in [-0.05, 0) is 54.1 Å². The van der Waals surface area contributed by atoms with Crippen molar-refractivity contribution in [2.75, 3.05) is 16.1 Å². The van der Waals surface area contributed by atoms with E-state index < -0.39 is 11.8 Å². The highest BCUT2D eigenvalue weighted by molar-refractivity contribution is 8.00. The number of para-hydroxylation sites is 1. The van der Waals surface area contributed by atoms with Crippen LogP contribution < -0.4 is 21.0 Å². The van der Waals surface area contributed by atoms with Crippen LogP contribution in [-0.4, -0.2) is 35.2 Å². The monoisotopic (exact) mass is 589 g/mol. The highest BCUT2D eigenvalue weighted by Gasteiger charge is 2.26. The average Bonchev–Trinajstić information content (AvgIpc) is 3.40. The van der Waals surface area contributed by atoms with E-state index in [1.54, 1.807) is 60.7 Å². The molecule has 1 aliphatic heterocycles. The molecule has 0 radical (unpaired) electrons. The van der Waals surface area contributed by atoms with Crippen LogP contribution in [0.4, 0.5) is 11.4 Å². The smallest absolute Gasteiger partial charge is 0.272 e. The van der Waals surface area contributed by atoms with Gasteiger partial charge in [-0.3, -0.25) is 19.2 Å². The fourth-order valence-corrected chi connectivity index (χ4v) is 4.89. The van der Waals surface area contributed by atoms with E-state index in [2.05, 4.69) is 21.1 Å². The van der Waals surface area contributed by atoms with Gasteiger partial charge in [0.2, 0.25) is 5.91 Å². The number of anilines is 2. The molecule has 4 aromatic carbocycles. The van der Waals surface area contributed by atoms with E-state index in [-0.39, 0.29) is 35.5 Å². The van der Waals surface area contributed by atoms with Crippen LogP contribution in [0.15, 0.2) is 131 Å². The number of rotatable bonds is 9. The summed E-state index contributed by atoms with van der Waals surface area (Å²) in [6.45, 7) is 0. The topological polar surface area (TPSA) is 120 Å². The van der Waals surface area contributed by atoms with Crippen LogP contribution in [0.3, 0.4) is 0 Å². The van der Waals surface area contributed by atoms with Crippen molar-refractivity contribution in [3.05, 3.63) is 132 Å². The van der Waals surface area contributed by atoms with Crippen molar-refractivity contribution in [1.29, 1.82) is 0 Å². The molecule has 1 aliphatic rings. The van der Waals surface area contributed by atoms with E-state index >= 15 is 0 Å². The lowest BCUT2D eigenvalue weighted by atomic mass is 10.1. The number of nitrogens with zero attached hydrogens (tertiary/aromatic N) is 2. The number of amidine groups is 1. The number of benzene rings is 4. The van der Waals surface area contributed by atoms with E-state index in [4.69, 9.17) is 0 Å². The second-order valence-corrected chi connectivity index (χ2v) is 10.4. The van der Waals surface area contributed by atoms with Crippen LogP contribution in [0.25, 0.3) is 6.08 Å². The minimum atomic E-state index is -0.500. The lowest BCUT2D eigenvalue weighted by molar-refractivity contribution is -0.117. The van der Waals surface area contributed by atoms with Crippen LogP contribution in [0.5, 0.6) is 0 Å². The Bertz CT molecular complexity index is 1690. The highest BCUT2D eigenvalue weighted by atomic mass is 32.2. The Morgan fingerprint density at radius 2 is 1.49 bits per heavy atom. The van der Waals surface area contributed by atoms with Gasteiger partial charge in [0, 0.05) is 16.1 Å². The molecule has 43 heavy (non-hydrogen) atoms. The summed E-state index contributed by atoms with van der Waals surface area (Å²) in [5.41, 5.74) is 2.37. The van der Waals surface area contributed by atoms with E-state index in [1.807, 2.05) is 60.7 Å². The Morgan fingerprint density at radius 1 is 0.814 bits per heavy atom. The van der Waals surface area contributed by atoms with E-state index in [1.165, 1.54) is 16.8 Å². The second-order valence-electron chi connectivity index (χ2n) is 9.37. The quantitative estimate of drug-likeness (QED) is 0.186. The minimum Gasteiger partial charge on any atom is -0.321 e. The second kappa shape index (κ2) is 13.9. The van der Waals surface area contributed by atoms with Crippen LogP contribution in [0.2, 0.25) is 0 Å². The van der Waals surface area contributed by atoms with Crippen LogP contribution >= 0.6 is 11.8 Å². The van der Waals surface area contributed by atoms with Gasteiger partial charge in [0.05, 0.1) is 17.9 Å². The number of amides is 4. The summed E-state index contributed by atoms with van der Waals surface area (Å²) in [6.07, 6.45) is 1.61. The predicted molar refractivity (Wildman–Crippen MR) is 168 cm³/mol. The van der Waals surface area contributed by atoms with E-state index in [0.717, 1.165) is 10.5 Å². The van der Waals surface area contributed by atoms with Crippen molar-refractivity contribution in [3.63, 3.8) is 0 Å². The number of hydrogen-bond acceptors (Lipinski definition) is 6. The molecule has 1 heterocycles. The molecule has 5 rings (SSSR count). The number of hydrogen-bond donors (Lipinski definition) is 3. The van der Waals surface area contributed by atoms with Crippen molar-refractivity contribution in [3.8, 4) is 0 Å². The molecule has 214 valence electrons. The fraction of sp³-hybridized carbons (Fsp3) is 0.0606. The summed E-state index contributed by atoms with van der Waals surface area (Å²) < 4.78 is 0. The third-order valence-electron chi connectivity index (χ3n) is 6.16. The first kappa shape index (κ1) is 29.0. The zero-order valence-electron chi connectivity index (χ0n) is 22.9. The van der Waals surface area contributed by atoms with Crippen LogP contribution in [0.1, 0.15) is 22.3 Å². The van der Waals surface area contributed by atoms with Crippen molar-refractivity contribution in [2.45, 2.75) is 11.3 Å². The summed E-state index contributed by atoms with van der Waals surface area (Å²) in [6, 6.07) is 33.9. The molecule has 0 bridgehead atoms. The maximum Gasteiger partial charge on any atom is 0.272 e. The minimum absolute atomic E-state index is 0.00641. The molecule has 0 aliphatic carbocycles. The average molecular weight is 590 g/mol. The van der Waals surface area contributed by atoms with Gasteiger partial charge >= 0.3 is 0 Å².